The van der Waals surface area contributed by atoms with Gasteiger partial charge in [-0.05, 0) is 24.3 Å². The van der Waals surface area contributed by atoms with Crippen LogP contribution in [0.5, 0.6) is 0 Å². The molecule has 0 aromatic rings. The highest BCUT2D eigenvalue weighted by Crippen LogP contribution is 2.20. The minimum Gasteiger partial charge on any atom is -0.393 e. The van der Waals surface area contributed by atoms with Crippen LogP contribution in [-0.2, 0) is 4.79 Å². The Bertz CT molecular complexity index is 163. The molecule has 3 unspecified atom stereocenters. The molecule has 13 heavy (non-hydrogen) atoms. The van der Waals surface area contributed by atoms with Crippen molar-refractivity contribution in [3.8, 4) is 0 Å². The van der Waals surface area contributed by atoms with Gasteiger partial charge in [-0.2, -0.15) is 0 Å². The Morgan fingerprint density at radius 1 is 1.38 bits per heavy atom. The Morgan fingerprint density at radius 2 is 2.00 bits per heavy atom. The van der Waals surface area contributed by atoms with Gasteiger partial charge in [0, 0.05) is 0 Å². The average molecular weight is 184 g/mol. The summed E-state index contributed by atoms with van der Waals surface area (Å²) in [5.74, 6) is 0.820. The predicted octanol–water partition coefficient (Wildman–Crippen LogP) is 2.17. The van der Waals surface area contributed by atoms with Crippen molar-refractivity contribution in [1.82, 2.24) is 0 Å². The summed E-state index contributed by atoms with van der Waals surface area (Å²) in [6.07, 6.45) is 5.22. The monoisotopic (exact) mass is 184 g/mol. The highest BCUT2D eigenvalue weighted by Gasteiger charge is 2.17. The molecule has 3 atom stereocenters. The Morgan fingerprint density at radius 3 is 2.46 bits per heavy atom. The van der Waals surface area contributed by atoms with E-state index < -0.39 is 0 Å². The van der Waals surface area contributed by atoms with E-state index in [-0.39, 0.29) is 6.10 Å². The van der Waals surface area contributed by atoms with Crippen LogP contribution < -0.4 is 0 Å². The summed E-state index contributed by atoms with van der Waals surface area (Å²) in [5.41, 5.74) is 0. The van der Waals surface area contributed by atoms with E-state index in [0.29, 0.717) is 18.3 Å². The quantitative estimate of drug-likeness (QED) is 0.507. The number of allylic oxidation sites excluding steroid dienone is 1. The van der Waals surface area contributed by atoms with Crippen LogP contribution in [0.25, 0.3) is 0 Å². The van der Waals surface area contributed by atoms with Crippen molar-refractivity contribution in [2.24, 2.45) is 11.8 Å². The largest absolute Gasteiger partial charge is 0.393 e. The molecule has 0 amide bonds. The Kier molecular flexibility index (Phi) is 6.51. The van der Waals surface area contributed by atoms with Crippen LogP contribution >= 0.6 is 0 Å². The van der Waals surface area contributed by atoms with Gasteiger partial charge in [0.2, 0.25) is 0 Å². The molecule has 0 rings (SSSR count). The highest BCUT2D eigenvalue weighted by atomic mass is 16.3. The smallest absolute Gasteiger partial charge is 0.142 e. The van der Waals surface area contributed by atoms with Crippen LogP contribution in [0.4, 0.5) is 0 Å². The summed E-state index contributed by atoms with van der Waals surface area (Å²) in [6, 6.07) is 0. The molecule has 0 aromatic heterocycles. The fourth-order valence-electron chi connectivity index (χ4n) is 1.24. The first-order chi connectivity index (χ1) is 6.13. The summed E-state index contributed by atoms with van der Waals surface area (Å²) in [6.45, 7) is 6.31. The molecule has 0 radical (unpaired) electrons. The van der Waals surface area contributed by atoms with Crippen molar-refractivity contribution in [3.05, 3.63) is 12.2 Å². The zero-order valence-electron chi connectivity index (χ0n) is 8.73. The maximum absolute atomic E-state index is 9.98. The van der Waals surface area contributed by atoms with E-state index in [4.69, 9.17) is 0 Å². The second kappa shape index (κ2) is 6.84. The number of aldehydes is 1. The zero-order valence-corrected chi connectivity index (χ0v) is 8.73. The van der Waals surface area contributed by atoms with E-state index in [1.807, 2.05) is 6.92 Å². The fraction of sp³-hybridized carbons (Fsp3) is 0.727. The topological polar surface area (TPSA) is 37.3 Å². The van der Waals surface area contributed by atoms with Gasteiger partial charge in [-0.15, -0.1) is 0 Å². The maximum Gasteiger partial charge on any atom is 0.142 e. The van der Waals surface area contributed by atoms with Crippen LogP contribution in [0.2, 0.25) is 0 Å². The average Bonchev–Trinajstić information content (AvgIpc) is 2.15. The molecule has 0 aliphatic heterocycles. The lowest BCUT2D eigenvalue weighted by Crippen LogP contribution is -2.22. The molecule has 0 heterocycles. The van der Waals surface area contributed by atoms with E-state index in [1.54, 1.807) is 6.08 Å². The number of carbonyl (C=O) groups excluding carboxylic acids is 1. The standard InChI is InChI=1S/C11H20O2/c1-4-9(2)10(3)11(13)7-5-6-8-12/h5-6,8-11,13H,4,7H2,1-3H3/b6-5+. The molecule has 0 bridgehead atoms. The first-order valence-corrected chi connectivity index (χ1v) is 4.91. The number of hydrogen-bond acceptors (Lipinski definition) is 2. The second-order valence-corrected chi connectivity index (χ2v) is 3.61. The van der Waals surface area contributed by atoms with E-state index in [2.05, 4.69) is 13.8 Å². The summed E-state index contributed by atoms with van der Waals surface area (Å²) in [5, 5.41) is 9.68. The molecular weight excluding hydrogens is 164 g/mol. The zero-order chi connectivity index (χ0) is 10.3. The second-order valence-electron chi connectivity index (χ2n) is 3.61. The lowest BCUT2D eigenvalue weighted by Gasteiger charge is -2.23. The van der Waals surface area contributed by atoms with Crippen molar-refractivity contribution in [2.45, 2.75) is 39.7 Å². The minimum absolute atomic E-state index is 0.293. The number of aliphatic hydroxyl groups excluding tert-OH is 1. The summed E-state index contributed by atoms with van der Waals surface area (Å²) in [4.78, 5) is 9.98. The number of hydrogen-bond donors (Lipinski definition) is 1. The predicted molar refractivity (Wildman–Crippen MR) is 54.4 cm³/mol. The van der Waals surface area contributed by atoms with Gasteiger partial charge < -0.3 is 5.11 Å². The third-order valence-corrected chi connectivity index (χ3v) is 2.74. The lowest BCUT2D eigenvalue weighted by atomic mass is 9.87. The first kappa shape index (κ1) is 12.4. The molecule has 0 saturated carbocycles. The molecule has 0 spiro atoms. The van der Waals surface area contributed by atoms with Crippen molar-refractivity contribution in [2.75, 3.05) is 0 Å². The van der Waals surface area contributed by atoms with Crippen LogP contribution in [-0.4, -0.2) is 17.5 Å². The van der Waals surface area contributed by atoms with Crippen molar-refractivity contribution in [1.29, 1.82) is 0 Å². The third-order valence-electron chi connectivity index (χ3n) is 2.74. The van der Waals surface area contributed by atoms with E-state index in [1.165, 1.54) is 6.08 Å². The summed E-state index contributed by atoms with van der Waals surface area (Å²) in [7, 11) is 0. The molecule has 2 nitrogen and oxygen atoms in total. The van der Waals surface area contributed by atoms with Crippen LogP contribution in [0.3, 0.4) is 0 Å². The van der Waals surface area contributed by atoms with E-state index in [9.17, 15) is 9.90 Å². The van der Waals surface area contributed by atoms with Gasteiger partial charge >= 0.3 is 0 Å². The number of carbonyl (C=O) groups is 1. The molecule has 1 N–H and O–H groups in total. The van der Waals surface area contributed by atoms with E-state index in [0.717, 1.165) is 12.7 Å². The SMILES string of the molecule is CCC(C)C(C)C(O)C/C=C/C=O. The molecule has 0 aromatic carbocycles. The molecule has 0 saturated heterocycles. The van der Waals surface area contributed by atoms with Gasteiger partial charge in [0.15, 0.2) is 0 Å². The van der Waals surface area contributed by atoms with Gasteiger partial charge in [-0.25, -0.2) is 0 Å². The fourth-order valence-corrected chi connectivity index (χ4v) is 1.24. The molecular formula is C11H20O2. The first-order valence-electron chi connectivity index (χ1n) is 4.91. The number of rotatable bonds is 6. The third kappa shape index (κ3) is 4.83. The summed E-state index contributed by atoms with van der Waals surface area (Å²) < 4.78 is 0. The van der Waals surface area contributed by atoms with Crippen LogP contribution in [0, 0.1) is 11.8 Å². The van der Waals surface area contributed by atoms with Crippen LogP contribution in [0.15, 0.2) is 12.2 Å². The normalized spacial score (nSPS) is 18.5. The van der Waals surface area contributed by atoms with Gasteiger partial charge in [0.05, 0.1) is 6.10 Å². The van der Waals surface area contributed by atoms with Gasteiger partial charge in [-0.3, -0.25) is 4.79 Å². The summed E-state index contributed by atoms with van der Waals surface area (Å²) >= 11 is 0. The minimum atomic E-state index is -0.328. The van der Waals surface area contributed by atoms with Gasteiger partial charge in [0.25, 0.3) is 0 Å². The maximum atomic E-state index is 9.98. The number of aliphatic hydroxyl groups is 1. The molecule has 0 aliphatic rings. The molecule has 0 aliphatic carbocycles. The molecule has 2 heteroatoms. The van der Waals surface area contributed by atoms with Crippen molar-refractivity contribution in [3.63, 3.8) is 0 Å². The lowest BCUT2D eigenvalue weighted by molar-refractivity contribution is -0.104. The van der Waals surface area contributed by atoms with Gasteiger partial charge in [-0.1, -0.05) is 33.3 Å². The van der Waals surface area contributed by atoms with E-state index >= 15 is 0 Å². The Hall–Kier alpha value is -0.630. The molecule has 76 valence electrons. The van der Waals surface area contributed by atoms with Crippen molar-refractivity contribution < 1.29 is 9.90 Å². The Labute approximate surface area is 80.7 Å². The van der Waals surface area contributed by atoms with Crippen LogP contribution in [0.1, 0.15) is 33.6 Å². The highest BCUT2D eigenvalue weighted by molar-refractivity contribution is 5.64. The molecule has 0 fully saturated rings. The van der Waals surface area contributed by atoms with Crippen molar-refractivity contribution >= 4 is 6.29 Å². The van der Waals surface area contributed by atoms with Gasteiger partial charge in [0.1, 0.15) is 6.29 Å². The Balaban J connectivity index is 3.87.